The lowest BCUT2D eigenvalue weighted by molar-refractivity contribution is -0.133. The Morgan fingerprint density at radius 1 is 1.29 bits per heavy atom. The molecule has 3 heteroatoms. The maximum Gasteiger partial charge on any atom is 0.309 e. The second-order valence-corrected chi connectivity index (χ2v) is 3.22. The van der Waals surface area contributed by atoms with E-state index in [1.165, 1.54) is 6.92 Å². The number of hydrogen-bond donors (Lipinski definition) is 1. The molecule has 14 heavy (non-hydrogen) atoms. The highest BCUT2D eigenvalue weighted by Gasteiger charge is 2.05. The van der Waals surface area contributed by atoms with Gasteiger partial charge < -0.3 is 4.74 Å². The molecule has 1 aromatic rings. The predicted molar refractivity (Wildman–Crippen MR) is 54.5 cm³/mol. The van der Waals surface area contributed by atoms with Gasteiger partial charge in [0, 0.05) is 12.5 Å². The molecule has 0 saturated carbocycles. The largest absolute Gasteiger partial charge is 0.408 e. The van der Waals surface area contributed by atoms with Gasteiger partial charge in [-0.05, 0) is 37.1 Å². The minimum Gasteiger partial charge on any atom is -0.408 e. The van der Waals surface area contributed by atoms with Crippen molar-refractivity contribution in [2.75, 3.05) is 0 Å². The van der Waals surface area contributed by atoms with Gasteiger partial charge in [0.2, 0.25) is 5.90 Å². The highest BCUT2D eigenvalue weighted by Crippen LogP contribution is 2.10. The van der Waals surface area contributed by atoms with Crippen molar-refractivity contribution in [3.05, 3.63) is 34.9 Å². The van der Waals surface area contributed by atoms with Crippen molar-refractivity contribution in [3.63, 3.8) is 0 Å². The Labute approximate surface area is 83.2 Å². The van der Waals surface area contributed by atoms with E-state index in [9.17, 15) is 4.79 Å². The van der Waals surface area contributed by atoms with Crippen LogP contribution in [0.1, 0.15) is 23.6 Å². The lowest BCUT2D eigenvalue weighted by Gasteiger charge is -2.05. The number of nitrogens with one attached hydrogen (secondary N) is 1. The van der Waals surface area contributed by atoms with Gasteiger partial charge in [-0.1, -0.05) is 6.07 Å². The van der Waals surface area contributed by atoms with Gasteiger partial charge in [-0.3, -0.25) is 10.2 Å². The van der Waals surface area contributed by atoms with Crippen molar-refractivity contribution in [2.24, 2.45) is 0 Å². The molecule has 0 atom stereocenters. The molecule has 0 spiro atoms. The van der Waals surface area contributed by atoms with E-state index in [4.69, 9.17) is 5.41 Å². The Kier molecular flexibility index (Phi) is 3.02. The van der Waals surface area contributed by atoms with Crippen LogP contribution in [0.3, 0.4) is 0 Å². The molecular weight excluding hydrogens is 178 g/mol. The molecule has 0 aliphatic heterocycles. The number of carbonyl (C=O) groups excluding carboxylic acids is 1. The van der Waals surface area contributed by atoms with E-state index >= 15 is 0 Å². The number of benzene rings is 1. The Balaban J connectivity index is 2.91. The molecule has 0 aliphatic carbocycles. The Morgan fingerprint density at radius 3 is 2.43 bits per heavy atom. The molecule has 3 nitrogen and oxygen atoms in total. The van der Waals surface area contributed by atoms with Crippen LogP contribution in [-0.4, -0.2) is 11.9 Å². The van der Waals surface area contributed by atoms with Crippen molar-refractivity contribution in [1.82, 2.24) is 0 Å². The summed E-state index contributed by atoms with van der Waals surface area (Å²) in [5.41, 5.74) is 2.87. The van der Waals surface area contributed by atoms with Crippen molar-refractivity contribution in [1.29, 1.82) is 5.41 Å². The van der Waals surface area contributed by atoms with Crippen LogP contribution >= 0.6 is 0 Å². The summed E-state index contributed by atoms with van der Waals surface area (Å²) in [6.45, 7) is 5.24. The first-order chi connectivity index (χ1) is 6.50. The van der Waals surface area contributed by atoms with Crippen LogP contribution in [-0.2, 0) is 9.53 Å². The molecule has 0 saturated heterocycles. The Bertz CT molecular complexity index is 383. The van der Waals surface area contributed by atoms with Crippen LogP contribution in [0.25, 0.3) is 0 Å². The zero-order valence-electron chi connectivity index (χ0n) is 8.55. The summed E-state index contributed by atoms with van der Waals surface area (Å²) < 4.78 is 4.68. The quantitative estimate of drug-likeness (QED) is 0.420. The first-order valence-electron chi connectivity index (χ1n) is 4.35. The van der Waals surface area contributed by atoms with E-state index in [0.717, 1.165) is 11.1 Å². The van der Waals surface area contributed by atoms with Crippen LogP contribution in [0, 0.1) is 19.3 Å². The summed E-state index contributed by atoms with van der Waals surface area (Å²) in [4.78, 5) is 10.6. The molecule has 0 unspecified atom stereocenters. The zero-order valence-corrected chi connectivity index (χ0v) is 8.55. The molecule has 0 heterocycles. The van der Waals surface area contributed by atoms with Gasteiger partial charge in [0.1, 0.15) is 0 Å². The van der Waals surface area contributed by atoms with Crippen LogP contribution in [0.2, 0.25) is 0 Å². The third kappa shape index (κ3) is 2.42. The molecule has 0 aliphatic rings. The number of ether oxygens (including phenoxy) is 1. The number of esters is 1. The average molecular weight is 191 g/mol. The third-order valence-corrected chi connectivity index (χ3v) is 2.01. The van der Waals surface area contributed by atoms with E-state index in [2.05, 4.69) is 4.74 Å². The molecule has 1 N–H and O–H groups in total. The molecule has 1 rings (SSSR count). The SMILES string of the molecule is CC(=O)OC(=N)c1ccc(C)c(C)c1. The topological polar surface area (TPSA) is 50.2 Å². The summed E-state index contributed by atoms with van der Waals surface area (Å²) >= 11 is 0. The third-order valence-electron chi connectivity index (χ3n) is 2.01. The Hall–Kier alpha value is -1.64. The van der Waals surface area contributed by atoms with E-state index in [0.29, 0.717) is 5.56 Å². The maximum atomic E-state index is 10.6. The minimum absolute atomic E-state index is 0.0967. The number of aryl methyl sites for hydroxylation is 2. The summed E-state index contributed by atoms with van der Waals surface area (Å²) in [5.74, 6) is -0.561. The summed E-state index contributed by atoms with van der Waals surface area (Å²) in [7, 11) is 0. The second-order valence-electron chi connectivity index (χ2n) is 3.22. The molecule has 1 aromatic carbocycles. The van der Waals surface area contributed by atoms with Crippen molar-refractivity contribution in [2.45, 2.75) is 20.8 Å². The van der Waals surface area contributed by atoms with Gasteiger partial charge in [-0.25, -0.2) is 0 Å². The predicted octanol–water partition coefficient (Wildman–Crippen LogP) is 2.19. The molecule has 0 bridgehead atoms. The van der Waals surface area contributed by atoms with E-state index in [-0.39, 0.29) is 5.90 Å². The summed E-state index contributed by atoms with van der Waals surface area (Å²) in [5, 5.41) is 7.48. The highest BCUT2D eigenvalue weighted by atomic mass is 16.5. The van der Waals surface area contributed by atoms with Gasteiger partial charge in [-0.2, -0.15) is 0 Å². The molecule has 0 fully saturated rings. The van der Waals surface area contributed by atoms with Crippen LogP contribution < -0.4 is 0 Å². The van der Waals surface area contributed by atoms with Crippen LogP contribution in [0.5, 0.6) is 0 Å². The molecule has 0 aromatic heterocycles. The second kappa shape index (κ2) is 4.05. The minimum atomic E-state index is -0.465. The molecule has 0 radical (unpaired) electrons. The number of rotatable bonds is 1. The monoisotopic (exact) mass is 191 g/mol. The fraction of sp³-hybridized carbons (Fsp3) is 0.273. The Morgan fingerprint density at radius 2 is 1.93 bits per heavy atom. The lowest BCUT2D eigenvalue weighted by atomic mass is 10.1. The van der Waals surface area contributed by atoms with Gasteiger partial charge in [0.15, 0.2) is 0 Å². The zero-order chi connectivity index (χ0) is 10.7. The molecule has 0 amide bonds. The maximum absolute atomic E-state index is 10.6. The highest BCUT2D eigenvalue weighted by molar-refractivity contribution is 5.98. The first kappa shape index (κ1) is 10.4. The van der Waals surface area contributed by atoms with Gasteiger partial charge in [0.05, 0.1) is 0 Å². The molecule has 74 valence electrons. The average Bonchev–Trinajstić information content (AvgIpc) is 2.08. The van der Waals surface area contributed by atoms with Crippen molar-refractivity contribution >= 4 is 11.9 Å². The summed E-state index contributed by atoms with van der Waals surface area (Å²) in [6.07, 6.45) is 0. The number of carbonyl (C=O) groups is 1. The summed E-state index contributed by atoms with van der Waals surface area (Å²) in [6, 6.07) is 5.51. The first-order valence-corrected chi connectivity index (χ1v) is 4.35. The van der Waals surface area contributed by atoms with E-state index in [1.54, 1.807) is 6.07 Å². The molecular formula is C11H13NO2. The fourth-order valence-electron chi connectivity index (χ4n) is 1.09. The van der Waals surface area contributed by atoms with Crippen molar-refractivity contribution in [3.8, 4) is 0 Å². The van der Waals surface area contributed by atoms with E-state index in [1.807, 2.05) is 26.0 Å². The fourth-order valence-corrected chi connectivity index (χ4v) is 1.09. The smallest absolute Gasteiger partial charge is 0.309 e. The van der Waals surface area contributed by atoms with Gasteiger partial charge in [-0.15, -0.1) is 0 Å². The van der Waals surface area contributed by atoms with Gasteiger partial charge in [0.25, 0.3) is 0 Å². The standard InChI is InChI=1S/C11H13NO2/c1-7-4-5-10(6-8(7)2)11(12)14-9(3)13/h4-6,12H,1-3H3. The lowest BCUT2D eigenvalue weighted by Crippen LogP contribution is -2.09. The van der Waals surface area contributed by atoms with Crippen LogP contribution in [0.4, 0.5) is 0 Å². The normalized spacial score (nSPS) is 9.64. The van der Waals surface area contributed by atoms with Crippen LogP contribution in [0.15, 0.2) is 18.2 Å². The number of hydrogen-bond acceptors (Lipinski definition) is 3. The van der Waals surface area contributed by atoms with Crippen molar-refractivity contribution < 1.29 is 9.53 Å². The van der Waals surface area contributed by atoms with E-state index < -0.39 is 5.97 Å². The van der Waals surface area contributed by atoms with Gasteiger partial charge >= 0.3 is 5.97 Å².